The van der Waals surface area contributed by atoms with Gasteiger partial charge in [0.1, 0.15) is 18.3 Å². The highest BCUT2D eigenvalue weighted by Crippen LogP contribution is 2.39. The van der Waals surface area contributed by atoms with Gasteiger partial charge in [-0.15, -0.1) is 0 Å². The minimum Gasteiger partial charge on any atom is -0.488 e. The van der Waals surface area contributed by atoms with Crippen LogP contribution in [0.2, 0.25) is 5.02 Å². The number of carbonyl (C=O) groups is 1. The molecule has 0 spiro atoms. The monoisotopic (exact) mass is 442 g/mol. The Morgan fingerprint density at radius 2 is 2.16 bits per heavy atom. The molecule has 160 valence electrons. The van der Waals surface area contributed by atoms with Crippen molar-refractivity contribution in [2.24, 2.45) is 5.73 Å². The Bertz CT molecular complexity index is 1130. The molecule has 7 nitrogen and oxygen atoms in total. The molecule has 0 saturated carbocycles. The average molecular weight is 443 g/mol. The molecule has 0 saturated heterocycles. The molecule has 0 bridgehead atoms. The number of benzene rings is 1. The van der Waals surface area contributed by atoms with E-state index in [1.54, 1.807) is 24.5 Å². The molecule has 1 atom stereocenters. The standard InChI is InChI=1S/C22H20ClFN4O3/c1-30-12-16(22(25)29)18-9-14(4-5-26-18)28-6-7-31-21-11-27-19(10-20(21)28)15-8-13(23)2-3-17(15)24/h2-5,8-11,16H,6-7,12H2,1H3,(H2,25,29). The van der Waals surface area contributed by atoms with E-state index in [1.165, 1.54) is 25.3 Å². The van der Waals surface area contributed by atoms with E-state index in [2.05, 4.69) is 9.97 Å². The maximum absolute atomic E-state index is 14.4. The molecular weight excluding hydrogens is 423 g/mol. The van der Waals surface area contributed by atoms with Crippen LogP contribution in [0.4, 0.5) is 15.8 Å². The molecule has 2 N–H and O–H groups in total. The van der Waals surface area contributed by atoms with Crippen LogP contribution in [-0.4, -0.2) is 42.7 Å². The maximum atomic E-state index is 14.4. The van der Waals surface area contributed by atoms with E-state index in [-0.39, 0.29) is 6.61 Å². The van der Waals surface area contributed by atoms with E-state index in [0.29, 0.717) is 40.9 Å². The van der Waals surface area contributed by atoms with Crippen LogP contribution in [-0.2, 0) is 9.53 Å². The van der Waals surface area contributed by atoms with Gasteiger partial charge in [0.15, 0.2) is 5.75 Å². The zero-order valence-electron chi connectivity index (χ0n) is 16.7. The van der Waals surface area contributed by atoms with Crippen molar-refractivity contribution in [3.05, 3.63) is 65.3 Å². The minimum absolute atomic E-state index is 0.133. The number of primary amides is 1. The molecule has 1 aromatic carbocycles. The van der Waals surface area contributed by atoms with Gasteiger partial charge in [-0.3, -0.25) is 14.8 Å². The summed E-state index contributed by atoms with van der Waals surface area (Å²) in [6.07, 6.45) is 3.18. The molecule has 0 radical (unpaired) electrons. The molecule has 1 amide bonds. The minimum atomic E-state index is -0.668. The number of ether oxygens (including phenoxy) is 2. The molecule has 9 heteroatoms. The van der Waals surface area contributed by atoms with Crippen molar-refractivity contribution in [3.63, 3.8) is 0 Å². The summed E-state index contributed by atoms with van der Waals surface area (Å²) >= 11 is 6.05. The summed E-state index contributed by atoms with van der Waals surface area (Å²) in [7, 11) is 1.50. The fourth-order valence-electron chi connectivity index (χ4n) is 3.51. The van der Waals surface area contributed by atoms with Gasteiger partial charge in [-0.05, 0) is 36.4 Å². The summed E-state index contributed by atoms with van der Waals surface area (Å²) in [5.74, 6) is -1.04. The van der Waals surface area contributed by atoms with Gasteiger partial charge in [0.25, 0.3) is 0 Å². The van der Waals surface area contributed by atoms with Gasteiger partial charge in [0.05, 0.1) is 36.4 Å². The van der Waals surface area contributed by atoms with Gasteiger partial charge < -0.3 is 20.1 Å². The van der Waals surface area contributed by atoms with Crippen molar-refractivity contribution in [3.8, 4) is 17.0 Å². The lowest BCUT2D eigenvalue weighted by molar-refractivity contribution is -0.120. The number of pyridine rings is 2. The van der Waals surface area contributed by atoms with E-state index in [1.807, 2.05) is 11.0 Å². The summed E-state index contributed by atoms with van der Waals surface area (Å²) in [4.78, 5) is 22.5. The Morgan fingerprint density at radius 1 is 1.32 bits per heavy atom. The zero-order valence-corrected chi connectivity index (χ0v) is 17.5. The molecular formula is C22H20ClFN4O3. The second kappa shape index (κ2) is 8.87. The number of hydrogen-bond acceptors (Lipinski definition) is 6. The molecule has 4 rings (SSSR count). The quantitative estimate of drug-likeness (QED) is 0.626. The van der Waals surface area contributed by atoms with Gasteiger partial charge in [-0.25, -0.2) is 4.39 Å². The van der Waals surface area contributed by atoms with Crippen molar-refractivity contribution in [2.75, 3.05) is 31.8 Å². The molecule has 31 heavy (non-hydrogen) atoms. The molecule has 1 unspecified atom stereocenters. The Morgan fingerprint density at radius 3 is 2.94 bits per heavy atom. The van der Waals surface area contributed by atoms with Crippen LogP contribution in [0.15, 0.2) is 48.8 Å². The van der Waals surface area contributed by atoms with Crippen molar-refractivity contribution in [2.45, 2.75) is 5.92 Å². The lowest BCUT2D eigenvalue weighted by atomic mass is 10.0. The Kier molecular flexibility index (Phi) is 6.01. The third kappa shape index (κ3) is 4.30. The van der Waals surface area contributed by atoms with Crippen molar-refractivity contribution in [1.29, 1.82) is 0 Å². The van der Waals surface area contributed by atoms with Crippen molar-refractivity contribution < 1.29 is 18.7 Å². The topological polar surface area (TPSA) is 90.6 Å². The predicted molar refractivity (Wildman–Crippen MR) is 115 cm³/mol. The lowest BCUT2D eigenvalue weighted by Crippen LogP contribution is -2.30. The van der Waals surface area contributed by atoms with Crippen LogP contribution in [0.3, 0.4) is 0 Å². The van der Waals surface area contributed by atoms with Crippen LogP contribution < -0.4 is 15.4 Å². The highest BCUT2D eigenvalue weighted by atomic mass is 35.5. The Hall–Kier alpha value is -3.23. The first kappa shape index (κ1) is 21.0. The fourth-order valence-corrected chi connectivity index (χ4v) is 3.68. The van der Waals surface area contributed by atoms with E-state index in [4.69, 9.17) is 26.8 Å². The van der Waals surface area contributed by atoms with E-state index >= 15 is 0 Å². The smallest absolute Gasteiger partial charge is 0.228 e. The number of anilines is 2. The van der Waals surface area contributed by atoms with E-state index in [0.717, 1.165) is 11.4 Å². The predicted octanol–water partition coefficient (Wildman–Crippen LogP) is 3.68. The second-order valence-electron chi connectivity index (χ2n) is 7.01. The number of halogens is 2. The SMILES string of the molecule is COCC(C(N)=O)c1cc(N2CCOc3cnc(-c4cc(Cl)ccc4F)cc32)ccn1. The number of hydrogen-bond donors (Lipinski definition) is 1. The molecule has 1 aliphatic rings. The van der Waals surface area contributed by atoms with Gasteiger partial charge in [-0.2, -0.15) is 0 Å². The van der Waals surface area contributed by atoms with Gasteiger partial charge in [0.2, 0.25) is 5.91 Å². The molecule has 1 aliphatic heterocycles. The Balaban J connectivity index is 1.75. The van der Waals surface area contributed by atoms with Gasteiger partial charge >= 0.3 is 0 Å². The number of nitrogens with zero attached hydrogens (tertiary/aromatic N) is 3. The number of amides is 1. The van der Waals surface area contributed by atoms with E-state index < -0.39 is 17.6 Å². The van der Waals surface area contributed by atoms with Crippen LogP contribution in [0.5, 0.6) is 5.75 Å². The summed E-state index contributed by atoms with van der Waals surface area (Å²) in [6.45, 7) is 1.12. The Labute approximate surface area is 183 Å². The third-order valence-electron chi connectivity index (χ3n) is 5.02. The summed E-state index contributed by atoms with van der Waals surface area (Å²) in [5.41, 5.74) is 8.27. The van der Waals surface area contributed by atoms with Crippen LogP contribution in [0.25, 0.3) is 11.3 Å². The normalized spacial score (nSPS) is 14.0. The van der Waals surface area contributed by atoms with Crippen molar-refractivity contribution in [1.82, 2.24) is 9.97 Å². The number of rotatable bonds is 6. The number of aromatic nitrogens is 2. The summed E-state index contributed by atoms with van der Waals surface area (Å²) in [6, 6.07) is 9.70. The number of fused-ring (bicyclic) bond motifs is 1. The second-order valence-corrected chi connectivity index (χ2v) is 7.45. The summed E-state index contributed by atoms with van der Waals surface area (Å²) < 4.78 is 25.2. The fraction of sp³-hybridized carbons (Fsp3) is 0.227. The highest BCUT2D eigenvalue weighted by Gasteiger charge is 2.24. The molecule has 0 fully saturated rings. The van der Waals surface area contributed by atoms with Gasteiger partial charge in [-0.1, -0.05) is 11.6 Å². The van der Waals surface area contributed by atoms with Crippen molar-refractivity contribution >= 4 is 28.9 Å². The largest absolute Gasteiger partial charge is 0.488 e. The third-order valence-corrected chi connectivity index (χ3v) is 5.26. The average Bonchev–Trinajstić information content (AvgIpc) is 2.78. The molecule has 3 heterocycles. The first-order chi connectivity index (χ1) is 15.0. The summed E-state index contributed by atoms with van der Waals surface area (Å²) in [5, 5.41) is 0.415. The van der Waals surface area contributed by atoms with Crippen LogP contribution in [0.1, 0.15) is 11.6 Å². The highest BCUT2D eigenvalue weighted by molar-refractivity contribution is 6.30. The molecule has 0 aliphatic carbocycles. The maximum Gasteiger partial charge on any atom is 0.228 e. The molecule has 2 aromatic heterocycles. The van der Waals surface area contributed by atoms with E-state index in [9.17, 15) is 9.18 Å². The number of nitrogens with two attached hydrogens (primary N) is 1. The number of methoxy groups -OCH3 is 1. The lowest BCUT2D eigenvalue weighted by Gasteiger charge is -2.31. The molecule has 3 aromatic rings. The first-order valence-corrected chi connectivity index (χ1v) is 9.95. The first-order valence-electron chi connectivity index (χ1n) is 9.58. The van der Waals surface area contributed by atoms with Crippen LogP contribution >= 0.6 is 11.6 Å². The zero-order chi connectivity index (χ0) is 22.0. The number of carbonyl (C=O) groups excluding carboxylic acids is 1. The van der Waals surface area contributed by atoms with Gasteiger partial charge in [0, 0.05) is 29.6 Å². The van der Waals surface area contributed by atoms with Crippen LogP contribution in [0, 0.1) is 5.82 Å².